The number of aliphatic imine (C=N–C) groups is 1. The van der Waals surface area contributed by atoms with Crippen molar-refractivity contribution in [2.24, 2.45) is 4.99 Å². The van der Waals surface area contributed by atoms with Crippen LogP contribution in [0.4, 0.5) is 5.69 Å². The van der Waals surface area contributed by atoms with Gasteiger partial charge in [-0.25, -0.2) is 0 Å². The van der Waals surface area contributed by atoms with E-state index in [1.54, 1.807) is 4.90 Å². The standard InChI is InChI=1S/C17H23N3O2S/c1-5-18-17-20(6-2)16(22)13(23-17)10-14(21)19-15-11(3)8-7-9-12(15)4/h7-9,13H,5-6,10H2,1-4H3,(H,19,21)/t13-/m1/s1. The Bertz CT molecular complexity index is 622. The van der Waals surface area contributed by atoms with Crippen molar-refractivity contribution < 1.29 is 9.59 Å². The molecule has 2 amide bonds. The van der Waals surface area contributed by atoms with E-state index in [0.717, 1.165) is 22.0 Å². The van der Waals surface area contributed by atoms with Crippen molar-refractivity contribution >= 4 is 34.4 Å². The van der Waals surface area contributed by atoms with Crippen molar-refractivity contribution in [3.8, 4) is 0 Å². The highest BCUT2D eigenvalue weighted by atomic mass is 32.2. The molecule has 1 N–H and O–H groups in total. The molecular formula is C17H23N3O2S. The average molecular weight is 333 g/mol. The van der Waals surface area contributed by atoms with Crippen LogP contribution in [0.1, 0.15) is 31.4 Å². The van der Waals surface area contributed by atoms with E-state index >= 15 is 0 Å². The number of rotatable bonds is 5. The van der Waals surface area contributed by atoms with Crippen LogP contribution in [-0.2, 0) is 9.59 Å². The summed E-state index contributed by atoms with van der Waals surface area (Å²) in [6.07, 6.45) is 0.163. The van der Waals surface area contributed by atoms with Gasteiger partial charge in [0.1, 0.15) is 5.25 Å². The van der Waals surface area contributed by atoms with Gasteiger partial charge in [-0.15, -0.1) is 0 Å². The maximum absolute atomic E-state index is 12.4. The lowest BCUT2D eigenvalue weighted by Crippen LogP contribution is -2.33. The third kappa shape index (κ3) is 3.93. The lowest BCUT2D eigenvalue weighted by molar-refractivity contribution is -0.128. The molecule has 5 nitrogen and oxygen atoms in total. The number of aryl methyl sites for hydroxylation is 2. The average Bonchev–Trinajstić information content (AvgIpc) is 2.79. The van der Waals surface area contributed by atoms with E-state index in [1.165, 1.54) is 11.8 Å². The summed E-state index contributed by atoms with van der Waals surface area (Å²) in [5.74, 6) is -0.164. The monoisotopic (exact) mass is 333 g/mol. The molecule has 6 heteroatoms. The minimum absolute atomic E-state index is 0.0265. The van der Waals surface area contributed by atoms with Crippen LogP contribution < -0.4 is 5.32 Å². The molecule has 0 saturated carbocycles. The van der Waals surface area contributed by atoms with Crippen LogP contribution in [0.25, 0.3) is 0 Å². The number of amides is 2. The van der Waals surface area contributed by atoms with Gasteiger partial charge < -0.3 is 5.32 Å². The molecular weight excluding hydrogens is 310 g/mol. The van der Waals surface area contributed by atoms with Crippen molar-refractivity contribution in [1.82, 2.24) is 4.90 Å². The highest BCUT2D eigenvalue weighted by molar-refractivity contribution is 8.15. The molecule has 1 aromatic rings. The maximum atomic E-state index is 12.4. The fourth-order valence-corrected chi connectivity index (χ4v) is 3.82. The number of benzene rings is 1. The second-order valence-corrected chi connectivity index (χ2v) is 6.63. The van der Waals surface area contributed by atoms with Crippen molar-refractivity contribution in [2.45, 2.75) is 39.4 Å². The molecule has 0 unspecified atom stereocenters. The van der Waals surface area contributed by atoms with Gasteiger partial charge in [-0.3, -0.25) is 19.5 Å². The largest absolute Gasteiger partial charge is 0.326 e. The first-order chi connectivity index (χ1) is 11.0. The van der Waals surface area contributed by atoms with Crippen LogP contribution in [0.2, 0.25) is 0 Å². The molecule has 0 radical (unpaired) electrons. The predicted molar refractivity (Wildman–Crippen MR) is 95.9 cm³/mol. The third-order valence-corrected chi connectivity index (χ3v) is 4.96. The Hall–Kier alpha value is -1.82. The van der Waals surface area contributed by atoms with Crippen LogP contribution >= 0.6 is 11.8 Å². The van der Waals surface area contributed by atoms with Crippen LogP contribution in [0.15, 0.2) is 23.2 Å². The van der Waals surface area contributed by atoms with Gasteiger partial charge in [0.05, 0.1) is 0 Å². The maximum Gasteiger partial charge on any atom is 0.242 e. The zero-order chi connectivity index (χ0) is 17.0. The first-order valence-corrected chi connectivity index (χ1v) is 8.74. The highest BCUT2D eigenvalue weighted by Gasteiger charge is 2.38. The van der Waals surface area contributed by atoms with Gasteiger partial charge in [0, 0.05) is 25.2 Å². The normalized spacial score (nSPS) is 19.5. The number of carbonyl (C=O) groups is 2. The van der Waals surface area contributed by atoms with E-state index in [-0.39, 0.29) is 23.5 Å². The summed E-state index contributed by atoms with van der Waals surface area (Å²) < 4.78 is 0. The quantitative estimate of drug-likeness (QED) is 0.901. The smallest absolute Gasteiger partial charge is 0.242 e. The lowest BCUT2D eigenvalue weighted by atomic mass is 10.1. The van der Waals surface area contributed by atoms with Gasteiger partial charge in [-0.1, -0.05) is 30.0 Å². The van der Waals surface area contributed by atoms with E-state index < -0.39 is 0 Å². The SMILES string of the molecule is CCN=C1S[C@H](CC(=O)Nc2c(C)cccc2C)C(=O)N1CC. The fourth-order valence-electron chi connectivity index (χ4n) is 2.56. The Morgan fingerprint density at radius 3 is 2.52 bits per heavy atom. The molecule has 0 bridgehead atoms. The molecule has 1 heterocycles. The van der Waals surface area contributed by atoms with Crippen LogP contribution in [0.5, 0.6) is 0 Å². The van der Waals surface area contributed by atoms with E-state index in [1.807, 2.05) is 45.9 Å². The molecule has 1 atom stereocenters. The molecule has 1 aliphatic heterocycles. The summed E-state index contributed by atoms with van der Waals surface area (Å²) in [6, 6.07) is 5.88. The van der Waals surface area contributed by atoms with Crippen molar-refractivity contribution in [1.29, 1.82) is 0 Å². The Morgan fingerprint density at radius 2 is 1.96 bits per heavy atom. The topological polar surface area (TPSA) is 61.8 Å². The van der Waals surface area contributed by atoms with Gasteiger partial charge in [0.2, 0.25) is 11.8 Å². The summed E-state index contributed by atoms with van der Waals surface area (Å²) in [5, 5.41) is 3.28. The molecule has 0 aliphatic carbocycles. The first kappa shape index (κ1) is 17.5. The van der Waals surface area contributed by atoms with E-state index in [0.29, 0.717) is 13.1 Å². The fraction of sp³-hybridized carbons (Fsp3) is 0.471. The van der Waals surface area contributed by atoms with Crippen LogP contribution in [0, 0.1) is 13.8 Å². The van der Waals surface area contributed by atoms with E-state index in [2.05, 4.69) is 10.3 Å². The second kappa shape index (κ2) is 7.64. The Morgan fingerprint density at radius 1 is 1.30 bits per heavy atom. The summed E-state index contributed by atoms with van der Waals surface area (Å²) in [4.78, 5) is 30.7. The van der Waals surface area contributed by atoms with E-state index in [4.69, 9.17) is 0 Å². The number of nitrogens with zero attached hydrogens (tertiary/aromatic N) is 2. The minimum Gasteiger partial charge on any atom is -0.326 e. The summed E-state index contributed by atoms with van der Waals surface area (Å²) in [5.41, 5.74) is 2.88. The first-order valence-electron chi connectivity index (χ1n) is 7.86. The second-order valence-electron chi connectivity index (χ2n) is 5.47. The van der Waals surface area contributed by atoms with Crippen molar-refractivity contribution in [2.75, 3.05) is 18.4 Å². The van der Waals surface area contributed by atoms with Gasteiger partial charge in [-0.05, 0) is 38.8 Å². The van der Waals surface area contributed by atoms with Crippen molar-refractivity contribution in [3.05, 3.63) is 29.3 Å². The molecule has 1 saturated heterocycles. The third-order valence-electron chi connectivity index (χ3n) is 3.75. The zero-order valence-corrected chi connectivity index (χ0v) is 14.9. The molecule has 0 aromatic heterocycles. The van der Waals surface area contributed by atoms with Crippen LogP contribution in [0.3, 0.4) is 0 Å². The number of amidine groups is 1. The Kier molecular flexibility index (Phi) is 5.82. The molecule has 1 aliphatic rings. The number of carbonyl (C=O) groups excluding carboxylic acids is 2. The number of nitrogens with one attached hydrogen (secondary N) is 1. The lowest BCUT2D eigenvalue weighted by Gasteiger charge is -2.14. The molecule has 1 fully saturated rings. The summed E-state index contributed by atoms with van der Waals surface area (Å²) in [7, 11) is 0. The van der Waals surface area contributed by atoms with Gasteiger partial charge in [0.15, 0.2) is 5.17 Å². The predicted octanol–water partition coefficient (Wildman–Crippen LogP) is 2.97. The summed E-state index contributed by atoms with van der Waals surface area (Å²) >= 11 is 1.39. The number of thioether (sulfide) groups is 1. The van der Waals surface area contributed by atoms with Crippen LogP contribution in [-0.4, -0.2) is 40.2 Å². The summed E-state index contributed by atoms with van der Waals surface area (Å²) in [6.45, 7) is 8.99. The Labute approximate surface area is 141 Å². The number of para-hydroxylation sites is 1. The number of hydrogen-bond acceptors (Lipinski definition) is 4. The zero-order valence-electron chi connectivity index (χ0n) is 14.0. The molecule has 124 valence electrons. The van der Waals surface area contributed by atoms with Gasteiger partial charge in [-0.2, -0.15) is 0 Å². The highest BCUT2D eigenvalue weighted by Crippen LogP contribution is 2.30. The molecule has 1 aromatic carbocycles. The van der Waals surface area contributed by atoms with Gasteiger partial charge in [0.25, 0.3) is 0 Å². The van der Waals surface area contributed by atoms with Gasteiger partial charge >= 0.3 is 0 Å². The molecule has 2 rings (SSSR count). The van der Waals surface area contributed by atoms with E-state index in [9.17, 15) is 9.59 Å². The number of hydrogen-bond donors (Lipinski definition) is 1. The van der Waals surface area contributed by atoms with Crippen molar-refractivity contribution in [3.63, 3.8) is 0 Å². The molecule has 23 heavy (non-hydrogen) atoms. The Balaban J connectivity index is 2.06. The minimum atomic E-state index is -0.385. The number of anilines is 1. The molecule has 0 spiro atoms.